The molecule has 2 aromatic heterocycles. The number of imidazole rings is 2. The van der Waals surface area contributed by atoms with Crippen molar-refractivity contribution in [3.8, 4) is 0 Å². The molecule has 49 heavy (non-hydrogen) atoms. The monoisotopic (exact) mass is 741 g/mol. The molecule has 0 aliphatic rings. The molecule has 0 fully saturated rings. The van der Waals surface area contributed by atoms with Crippen LogP contribution in [0.2, 0.25) is 0 Å². The number of nitrogens with zero attached hydrogens (tertiary/aromatic N) is 2. The van der Waals surface area contributed by atoms with Crippen molar-refractivity contribution in [2.24, 2.45) is 22.9 Å². The largest absolute Gasteiger partial charge is 0.548 e. The fourth-order valence-corrected chi connectivity index (χ4v) is 4.19. The van der Waals surface area contributed by atoms with Gasteiger partial charge in [-0.05, 0) is 51.6 Å². The van der Waals surface area contributed by atoms with Gasteiger partial charge in [0.05, 0.1) is 49.8 Å². The number of carboxylic acids is 2. The van der Waals surface area contributed by atoms with Gasteiger partial charge in [0.2, 0.25) is 23.6 Å². The molecule has 0 aromatic carbocycles. The number of hydrogen-bond acceptors (Lipinski definition) is 14. The number of unbranched alkanes of at least 4 members (excludes halogenated alkanes) is 2. The quantitative estimate of drug-likeness (QED) is 0.0396. The van der Waals surface area contributed by atoms with Crippen molar-refractivity contribution in [2.75, 3.05) is 26.2 Å². The number of carboxylic acid groups (broad SMARTS) is 2. The molecule has 0 aliphatic carbocycles. The van der Waals surface area contributed by atoms with E-state index >= 15 is 0 Å². The van der Waals surface area contributed by atoms with Crippen LogP contribution >= 0.6 is 0 Å². The zero-order chi connectivity index (χ0) is 35.9. The van der Waals surface area contributed by atoms with Crippen molar-refractivity contribution in [3.63, 3.8) is 0 Å². The molecule has 21 heteroatoms. The molecule has 4 amide bonds. The minimum absolute atomic E-state index is 0. The average molecular weight is 742 g/mol. The van der Waals surface area contributed by atoms with Crippen molar-refractivity contribution >= 4 is 35.6 Å². The summed E-state index contributed by atoms with van der Waals surface area (Å²) in [5.74, 6) is -5.08. The SMILES string of the molecule is NCCCC[C@H](NC(=O)[C@H](Cc1cnc[nH]1)NC(=O)CN)C(=O)[O-].NCCCC[C@H](NC(=O)[C@H](Cc1cnc[nH]1)NC(=O)CN)C(=O)[O-].[Cu]. The van der Waals surface area contributed by atoms with Crippen molar-refractivity contribution < 1.29 is 56.0 Å². The molecule has 0 saturated heterocycles. The maximum atomic E-state index is 12.4. The van der Waals surface area contributed by atoms with E-state index in [1.807, 2.05) is 0 Å². The van der Waals surface area contributed by atoms with Gasteiger partial charge in [0.15, 0.2) is 0 Å². The second-order valence-corrected chi connectivity index (χ2v) is 10.5. The van der Waals surface area contributed by atoms with Crippen molar-refractivity contribution in [1.82, 2.24) is 41.2 Å². The van der Waals surface area contributed by atoms with Gasteiger partial charge in [0, 0.05) is 53.7 Å². The van der Waals surface area contributed by atoms with Crippen LogP contribution in [0.5, 0.6) is 0 Å². The van der Waals surface area contributed by atoms with Crippen LogP contribution in [-0.2, 0) is 58.7 Å². The van der Waals surface area contributed by atoms with E-state index < -0.39 is 59.7 Å². The van der Waals surface area contributed by atoms with Gasteiger partial charge in [0.25, 0.3) is 0 Å². The molecule has 20 nitrogen and oxygen atoms in total. The van der Waals surface area contributed by atoms with Gasteiger partial charge in [-0.25, -0.2) is 9.97 Å². The van der Waals surface area contributed by atoms with E-state index in [1.54, 1.807) is 0 Å². The van der Waals surface area contributed by atoms with Crippen LogP contribution in [0.25, 0.3) is 0 Å². The first-order valence-corrected chi connectivity index (χ1v) is 15.3. The number of nitrogens with one attached hydrogen (secondary N) is 6. The average Bonchev–Trinajstić information content (AvgIpc) is 3.78. The molecule has 0 saturated carbocycles. The summed E-state index contributed by atoms with van der Waals surface area (Å²) >= 11 is 0. The standard InChI is InChI=1S/2C14H24N6O4.Cu/c2*15-4-2-1-3-10(14(23)24)20-13(22)11(19-12(21)6-16)5-9-7-17-8-18-9;/h2*7-8,10-11H,1-6,15-16H2,(H,17,18)(H,19,21)(H,20,22)(H,23,24);/p-2/t2*10-,11-;/m00./s1. The summed E-state index contributed by atoms with van der Waals surface area (Å²) in [5, 5.41) is 32.0. The van der Waals surface area contributed by atoms with Gasteiger partial charge < -0.3 is 74.0 Å². The Morgan fingerprint density at radius 3 is 1.24 bits per heavy atom. The first kappa shape index (κ1) is 44.6. The van der Waals surface area contributed by atoms with Gasteiger partial charge in [-0.1, -0.05) is 0 Å². The smallest absolute Gasteiger partial charge is 0.243 e. The molecule has 1 radical (unpaired) electrons. The Bertz CT molecular complexity index is 1170. The normalized spacial score (nSPS) is 12.8. The number of carbonyl (C=O) groups excluding carboxylic acids is 6. The number of aromatic nitrogens is 4. The third-order valence-corrected chi connectivity index (χ3v) is 6.73. The number of rotatable bonds is 22. The van der Waals surface area contributed by atoms with Gasteiger partial charge in [0.1, 0.15) is 12.1 Å². The number of amides is 4. The second kappa shape index (κ2) is 25.6. The van der Waals surface area contributed by atoms with Crippen LogP contribution in [0, 0.1) is 0 Å². The Morgan fingerprint density at radius 2 is 0.980 bits per heavy atom. The fourth-order valence-electron chi connectivity index (χ4n) is 4.19. The second-order valence-electron chi connectivity index (χ2n) is 10.5. The zero-order valence-electron chi connectivity index (χ0n) is 26.9. The van der Waals surface area contributed by atoms with Crippen LogP contribution in [0.15, 0.2) is 25.0 Å². The Balaban J connectivity index is 0.000000922. The number of aliphatic carboxylic acids is 2. The molecule has 2 aromatic rings. The Labute approximate surface area is 293 Å². The third kappa shape index (κ3) is 18.7. The van der Waals surface area contributed by atoms with Crippen LogP contribution in [0.1, 0.15) is 49.9 Å². The molecule has 2 heterocycles. The molecule has 0 bridgehead atoms. The summed E-state index contributed by atoms with van der Waals surface area (Å²) in [6.07, 6.45) is 8.89. The maximum absolute atomic E-state index is 12.4. The number of H-pyrrole nitrogens is 2. The maximum Gasteiger partial charge on any atom is 0.243 e. The van der Waals surface area contributed by atoms with Crippen molar-refractivity contribution in [1.29, 1.82) is 0 Å². The summed E-state index contributed by atoms with van der Waals surface area (Å²) in [5.41, 5.74) is 22.4. The van der Waals surface area contributed by atoms with E-state index in [2.05, 4.69) is 41.2 Å². The molecule has 279 valence electrons. The first-order valence-electron chi connectivity index (χ1n) is 15.3. The molecule has 0 aliphatic heterocycles. The van der Waals surface area contributed by atoms with E-state index in [4.69, 9.17) is 22.9 Å². The topological polar surface area (TPSA) is 358 Å². The minimum Gasteiger partial charge on any atom is -0.548 e. The number of nitrogens with two attached hydrogens (primary N) is 4. The minimum atomic E-state index is -1.38. The summed E-state index contributed by atoms with van der Waals surface area (Å²) in [4.78, 5) is 83.3. The molecular formula is C28H46CuN12O8-2. The van der Waals surface area contributed by atoms with Crippen LogP contribution in [0.3, 0.4) is 0 Å². The van der Waals surface area contributed by atoms with Gasteiger partial charge >= 0.3 is 0 Å². The molecule has 0 spiro atoms. The van der Waals surface area contributed by atoms with Crippen LogP contribution in [-0.4, -0.2) is 106 Å². The van der Waals surface area contributed by atoms with E-state index in [0.717, 1.165) is 0 Å². The van der Waals surface area contributed by atoms with E-state index in [1.165, 1.54) is 25.0 Å². The number of aromatic amines is 2. The molecule has 0 unspecified atom stereocenters. The van der Waals surface area contributed by atoms with Crippen LogP contribution in [0.4, 0.5) is 0 Å². The number of carbonyl (C=O) groups is 6. The summed E-state index contributed by atoms with van der Waals surface area (Å²) in [6.45, 7) is 0.297. The fraction of sp³-hybridized carbons (Fsp3) is 0.571. The first-order chi connectivity index (χ1) is 22.9. The predicted molar refractivity (Wildman–Crippen MR) is 166 cm³/mol. The summed E-state index contributed by atoms with van der Waals surface area (Å²) < 4.78 is 0. The van der Waals surface area contributed by atoms with Gasteiger partial charge in [-0.15, -0.1) is 0 Å². The Morgan fingerprint density at radius 1 is 0.612 bits per heavy atom. The zero-order valence-corrected chi connectivity index (χ0v) is 27.8. The van der Waals surface area contributed by atoms with Gasteiger partial charge in [-0.2, -0.15) is 0 Å². The molecule has 14 N–H and O–H groups in total. The van der Waals surface area contributed by atoms with Crippen molar-refractivity contribution in [3.05, 3.63) is 36.4 Å². The molecule has 2 rings (SSSR count). The molecular weight excluding hydrogens is 696 g/mol. The van der Waals surface area contributed by atoms with Crippen LogP contribution < -0.4 is 54.4 Å². The number of hydrogen-bond donors (Lipinski definition) is 10. The van der Waals surface area contributed by atoms with E-state index in [0.29, 0.717) is 50.2 Å². The van der Waals surface area contributed by atoms with Crippen molar-refractivity contribution in [2.45, 2.75) is 75.5 Å². The Hall–Kier alpha value is -4.40. The van der Waals surface area contributed by atoms with E-state index in [-0.39, 0.29) is 55.8 Å². The summed E-state index contributed by atoms with van der Waals surface area (Å²) in [7, 11) is 0. The molecule has 4 atom stereocenters. The predicted octanol–water partition coefficient (Wildman–Crippen LogP) is -6.48. The van der Waals surface area contributed by atoms with Gasteiger partial charge in [-0.3, -0.25) is 19.2 Å². The Kier molecular flexibility index (Phi) is 23.3. The third-order valence-electron chi connectivity index (χ3n) is 6.73. The summed E-state index contributed by atoms with van der Waals surface area (Å²) in [6, 6.07) is -4.25. The van der Waals surface area contributed by atoms with E-state index in [9.17, 15) is 39.0 Å².